The van der Waals surface area contributed by atoms with Crippen molar-refractivity contribution in [2.45, 2.75) is 19.9 Å². The number of benzene rings is 1. The van der Waals surface area contributed by atoms with E-state index >= 15 is 0 Å². The fraction of sp³-hybridized carbons (Fsp3) is 0.385. The predicted octanol–water partition coefficient (Wildman–Crippen LogP) is 1.31. The molecule has 0 spiro atoms. The van der Waals surface area contributed by atoms with Gasteiger partial charge in [-0.15, -0.1) is 0 Å². The third kappa shape index (κ3) is 4.89. The largest absolute Gasteiger partial charge is 0.358 e. The van der Waals surface area contributed by atoms with Crippen molar-refractivity contribution in [3.63, 3.8) is 0 Å². The molecule has 0 fully saturated rings. The molecule has 0 heterocycles. The summed E-state index contributed by atoms with van der Waals surface area (Å²) in [4.78, 5) is 23.0. The number of carbonyl (C=O) groups is 2. The van der Waals surface area contributed by atoms with E-state index in [-0.39, 0.29) is 18.4 Å². The average molecular weight is 284 g/mol. The van der Waals surface area contributed by atoms with Gasteiger partial charge in [0.05, 0.1) is 12.6 Å². The van der Waals surface area contributed by atoms with E-state index in [1.165, 1.54) is 0 Å². The highest BCUT2D eigenvalue weighted by Gasteiger charge is 2.12. The Bertz CT molecular complexity index is 477. The molecule has 0 aromatic heterocycles. The van der Waals surface area contributed by atoms with Crippen molar-refractivity contribution < 1.29 is 9.59 Å². The van der Waals surface area contributed by atoms with Gasteiger partial charge in [0, 0.05) is 17.8 Å². The molecule has 2 amide bonds. The molecule has 1 unspecified atom stereocenters. The van der Waals surface area contributed by atoms with Gasteiger partial charge < -0.3 is 10.6 Å². The molecule has 5 nitrogen and oxygen atoms in total. The van der Waals surface area contributed by atoms with Gasteiger partial charge in [0.2, 0.25) is 11.8 Å². The molecule has 0 bridgehead atoms. The van der Waals surface area contributed by atoms with Crippen LogP contribution in [-0.2, 0) is 9.59 Å². The highest BCUT2D eigenvalue weighted by atomic mass is 35.5. The monoisotopic (exact) mass is 283 g/mol. The summed E-state index contributed by atoms with van der Waals surface area (Å²) in [5, 5.41) is 8.64. The molecule has 0 aliphatic rings. The van der Waals surface area contributed by atoms with Crippen molar-refractivity contribution in [1.29, 1.82) is 0 Å². The first-order valence-corrected chi connectivity index (χ1v) is 6.33. The van der Waals surface area contributed by atoms with Gasteiger partial charge in [-0.25, -0.2) is 0 Å². The Morgan fingerprint density at radius 2 is 2.05 bits per heavy atom. The molecule has 0 radical (unpaired) electrons. The summed E-state index contributed by atoms with van der Waals surface area (Å²) in [6, 6.07) is 4.87. The van der Waals surface area contributed by atoms with E-state index in [1.54, 1.807) is 26.1 Å². The highest BCUT2D eigenvalue weighted by Crippen LogP contribution is 2.19. The van der Waals surface area contributed by atoms with E-state index in [9.17, 15) is 9.59 Å². The Labute approximate surface area is 117 Å². The van der Waals surface area contributed by atoms with Crippen LogP contribution in [0.3, 0.4) is 0 Å². The lowest BCUT2D eigenvalue weighted by Gasteiger charge is -2.13. The number of likely N-dealkylation sites (N-methyl/N-ethyl adjacent to an activating group) is 1. The molecular weight excluding hydrogens is 266 g/mol. The van der Waals surface area contributed by atoms with Gasteiger partial charge in [0.1, 0.15) is 0 Å². The van der Waals surface area contributed by atoms with Gasteiger partial charge in [-0.2, -0.15) is 0 Å². The Kier molecular flexibility index (Phi) is 5.79. The summed E-state index contributed by atoms with van der Waals surface area (Å²) >= 11 is 5.87. The SMILES string of the molecule is CNC(=O)C(C)NCC(=O)Nc1cc(Cl)ccc1C. The average Bonchev–Trinajstić information content (AvgIpc) is 2.39. The zero-order valence-electron chi connectivity index (χ0n) is 11.2. The Morgan fingerprint density at radius 1 is 1.37 bits per heavy atom. The molecule has 1 rings (SSSR count). The molecule has 0 aliphatic heterocycles. The van der Waals surface area contributed by atoms with E-state index in [0.29, 0.717) is 10.7 Å². The van der Waals surface area contributed by atoms with Crippen molar-refractivity contribution in [1.82, 2.24) is 10.6 Å². The maximum absolute atomic E-state index is 11.7. The van der Waals surface area contributed by atoms with E-state index < -0.39 is 6.04 Å². The standard InChI is InChI=1S/C13H18ClN3O2/c1-8-4-5-10(14)6-11(8)17-12(18)7-16-9(2)13(19)15-3/h4-6,9,16H,7H2,1-3H3,(H,15,19)(H,17,18). The number of halogens is 1. The minimum absolute atomic E-state index is 0.0561. The molecule has 1 aromatic rings. The first-order chi connectivity index (χ1) is 8.93. The van der Waals surface area contributed by atoms with Crippen LogP contribution in [0, 0.1) is 6.92 Å². The Hall–Kier alpha value is -1.59. The van der Waals surface area contributed by atoms with Crippen molar-refractivity contribution >= 4 is 29.1 Å². The number of hydrogen-bond acceptors (Lipinski definition) is 3. The molecule has 0 saturated heterocycles. The van der Waals surface area contributed by atoms with Crippen LogP contribution in [0.15, 0.2) is 18.2 Å². The molecule has 104 valence electrons. The Morgan fingerprint density at radius 3 is 2.68 bits per heavy atom. The van der Waals surface area contributed by atoms with Gasteiger partial charge in [-0.3, -0.25) is 14.9 Å². The number of carbonyl (C=O) groups excluding carboxylic acids is 2. The van der Waals surface area contributed by atoms with E-state index in [2.05, 4.69) is 16.0 Å². The number of nitrogens with one attached hydrogen (secondary N) is 3. The van der Waals surface area contributed by atoms with E-state index in [4.69, 9.17) is 11.6 Å². The van der Waals surface area contributed by atoms with Crippen LogP contribution in [0.2, 0.25) is 5.02 Å². The second-order valence-electron chi connectivity index (χ2n) is 4.22. The van der Waals surface area contributed by atoms with Crippen molar-refractivity contribution in [3.8, 4) is 0 Å². The molecule has 0 saturated carbocycles. The lowest BCUT2D eigenvalue weighted by molar-refractivity contribution is -0.122. The van der Waals surface area contributed by atoms with Crippen LogP contribution in [0.25, 0.3) is 0 Å². The third-order valence-electron chi connectivity index (χ3n) is 2.68. The molecule has 19 heavy (non-hydrogen) atoms. The van der Waals surface area contributed by atoms with Crippen molar-refractivity contribution in [2.75, 3.05) is 18.9 Å². The fourth-order valence-corrected chi connectivity index (χ4v) is 1.65. The first kappa shape index (κ1) is 15.5. The maximum Gasteiger partial charge on any atom is 0.238 e. The second-order valence-corrected chi connectivity index (χ2v) is 4.66. The van der Waals surface area contributed by atoms with Gasteiger partial charge in [-0.1, -0.05) is 17.7 Å². The van der Waals surface area contributed by atoms with Crippen LogP contribution in [0.1, 0.15) is 12.5 Å². The van der Waals surface area contributed by atoms with Gasteiger partial charge >= 0.3 is 0 Å². The number of rotatable bonds is 5. The number of aryl methyl sites for hydroxylation is 1. The van der Waals surface area contributed by atoms with E-state index in [0.717, 1.165) is 5.56 Å². The fourth-order valence-electron chi connectivity index (χ4n) is 1.48. The lowest BCUT2D eigenvalue weighted by atomic mass is 10.2. The van der Waals surface area contributed by atoms with E-state index in [1.807, 2.05) is 13.0 Å². The first-order valence-electron chi connectivity index (χ1n) is 5.95. The minimum atomic E-state index is -0.420. The van der Waals surface area contributed by atoms with Gasteiger partial charge in [0.15, 0.2) is 0 Å². The van der Waals surface area contributed by atoms with Crippen LogP contribution in [0.5, 0.6) is 0 Å². The lowest BCUT2D eigenvalue weighted by Crippen LogP contribution is -2.43. The third-order valence-corrected chi connectivity index (χ3v) is 2.92. The Balaban J connectivity index is 2.52. The maximum atomic E-state index is 11.7. The van der Waals surface area contributed by atoms with Gasteiger partial charge in [-0.05, 0) is 31.5 Å². The number of anilines is 1. The number of amides is 2. The quantitative estimate of drug-likeness (QED) is 0.763. The molecule has 1 aromatic carbocycles. The smallest absolute Gasteiger partial charge is 0.238 e. The summed E-state index contributed by atoms with van der Waals surface area (Å²) in [6.07, 6.45) is 0. The zero-order valence-corrected chi connectivity index (χ0v) is 12.0. The number of hydrogen-bond donors (Lipinski definition) is 3. The predicted molar refractivity (Wildman–Crippen MR) is 76.4 cm³/mol. The normalized spacial score (nSPS) is 11.8. The summed E-state index contributed by atoms with van der Waals surface area (Å²) in [5.74, 6) is -0.382. The van der Waals surface area contributed by atoms with Crippen LogP contribution in [0.4, 0.5) is 5.69 Å². The molecule has 0 aliphatic carbocycles. The van der Waals surface area contributed by atoms with Crippen LogP contribution >= 0.6 is 11.6 Å². The van der Waals surface area contributed by atoms with Gasteiger partial charge in [0.25, 0.3) is 0 Å². The molecule has 3 N–H and O–H groups in total. The summed E-state index contributed by atoms with van der Waals surface area (Å²) in [7, 11) is 1.55. The van der Waals surface area contributed by atoms with Crippen LogP contribution in [-0.4, -0.2) is 31.4 Å². The second kappa shape index (κ2) is 7.11. The van der Waals surface area contributed by atoms with Crippen molar-refractivity contribution in [2.24, 2.45) is 0 Å². The van der Waals surface area contributed by atoms with Crippen molar-refractivity contribution in [3.05, 3.63) is 28.8 Å². The molecular formula is C13H18ClN3O2. The summed E-state index contributed by atoms with van der Waals surface area (Å²) in [5.41, 5.74) is 1.60. The molecule has 6 heteroatoms. The zero-order chi connectivity index (χ0) is 14.4. The summed E-state index contributed by atoms with van der Waals surface area (Å²) in [6.45, 7) is 3.63. The molecule has 1 atom stereocenters. The highest BCUT2D eigenvalue weighted by molar-refractivity contribution is 6.31. The van der Waals surface area contributed by atoms with Crippen LogP contribution < -0.4 is 16.0 Å². The minimum Gasteiger partial charge on any atom is -0.358 e. The topological polar surface area (TPSA) is 70.2 Å². The summed E-state index contributed by atoms with van der Waals surface area (Å²) < 4.78 is 0.